The number of rotatable bonds is 3. The predicted molar refractivity (Wildman–Crippen MR) is 32.8 cm³/mol. The van der Waals surface area contributed by atoms with Crippen molar-refractivity contribution in [2.75, 3.05) is 6.61 Å². The van der Waals surface area contributed by atoms with E-state index in [9.17, 15) is 9.59 Å². The van der Waals surface area contributed by atoms with Crippen LogP contribution in [0, 0.1) is 0 Å². The summed E-state index contributed by atoms with van der Waals surface area (Å²) in [5.74, 6) is 0. The van der Waals surface area contributed by atoms with Crippen LogP contribution < -0.4 is 0 Å². The first kappa shape index (κ1) is 7.84. The highest BCUT2D eigenvalue weighted by atomic mass is 16.8. The van der Waals surface area contributed by atoms with Gasteiger partial charge in [0.2, 0.25) is 0 Å². The minimum Gasteiger partial charge on any atom is -0.464 e. The van der Waals surface area contributed by atoms with Crippen LogP contribution in [0.15, 0.2) is 0 Å². The van der Waals surface area contributed by atoms with Gasteiger partial charge in [0, 0.05) is 0 Å². The Morgan fingerprint density at radius 3 is 2.82 bits per heavy atom. The summed E-state index contributed by atoms with van der Waals surface area (Å²) in [6.07, 6.45) is -1.52. The minimum atomic E-state index is -0.711. The molecule has 0 saturated carbocycles. The van der Waals surface area contributed by atoms with Gasteiger partial charge in [0.05, 0.1) is 0 Å². The van der Waals surface area contributed by atoms with E-state index in [0.29, 0.717) is 6.47 Å². The fourth-order valence-electron chi connectivity index (χ4n) is 0.779. The van der Waals surface area contributed by atoms with Gasteiger partial charge in [-0.05, 0) is 6.92 Å². The van der Waals surface area contributed by atoms with Crippen LogP contribution in [0.3, 0.4) is 0 Å². The lowest BCUT2D eigenvalue weighted by Crippen LogP contribution is -2.24. The summed E-state index contributed by atoms with van der Waals surface area (Å²) >= 11 is 0. The van der Waals surface area contributed by atoms with Crippen LogP contribution in [-0.2, 0) is 19.0 Å². The maximum Gasteiger partial charge on any atom is 0.509 e. The SMILES string of the molecule is CC1OC(=O)OC1COC=O. The Bertz CT molecular complexity index is 166. The second kappa shape index (κ2) is 3.23. The van der Waals surface area contributed by atoms with Crippen LogP contribution in [0.25, 0.3) is 0 Å². The predicted octanol–water partition coefficient (Wildman–Crippen LogP) is 0.0833. The molecule has 0 aliphatic carbocycles. The molecule has 5 heteroatoms. The number of hydrogen-bond donors (Lipinski definition) is 0. The van der Waals surface area contributed by atoms with Gasteiger partial charge in [-0.15, -0.1) is 0 Å². The van der Waals surface area contributed by atoms with Gasteiger partial charge in [-0.2, -0.15) is 0 Å². The summed E-state index contributed by atoms with van der Waals surface area (Å²) < 4.78 is 13.6. The Balaban J connectivity index is 2.34. The third kappa shape index (κ3) is 1.83. The number of cyclic esters (lactones) is 2. The highest BCUT2D eigenvalue weighted by molar-refractivity contribution is 5.62. The van der Waals surface area contributed by atoms with Gasteiger partial charge < -0.3 is 14.2 Å². The maximum absolute atomic E-state index is 10.4. The van der Waals surface area contributed by atoms with Gasteiger partial charge in [0.1, 0.15) is 12.7 Å². The molecule has 0 aromatic rings. The Labute approximate surface area is 63.2 Å². The van der Waals surface area contributed by atoms with E-state index in [1.807, 2.05) is 0 Å². The monoisotopic (exact) mass is 160 g/mol. The molecule has 11 heavy (non-hydrogen) atoms. The summed E-state index contributed by atoms with van der Waals surface area (Å²) in [4.78, 5) is 20.2. The first-order valence-electron chi connectivity index (χ1n) is 3.16. The van der Waals surface area contributed by atoms with Crippen molar-refractivity contribution in [1.82, 2.24) is 0 Å². The van der Waals surface area contributed by atoms with Gasteiger partial charge in [-0.3, -0.25) is 4.79 Å². The Kier molecular flexibility index (Phi) is 2.30. The van der Waals surface area contributed by atoms with E-state index in [1.54, 1.807) is 6.92 Å². The van der Waals surface area contributed by atoms with Crippen molar-refractivity contribution in [1.29, 1.82) is 0 Å². The van der Waals surface area contributed by atoms with Crippen LogP contribution >= 0.6 is 0 Å². The summed E-state index contributed by atoms with van der Waals surface area (Å²) in [6, 6.07) is 0. The quantitative estimate of drug-likeness (QED) is 0.432. The molecular weight excluding hydrogens is 152 g/mol. The summed E-state index contributed by atoms with van der Waals surface area (Å²) in [5, 5.41) is 0. The van der Waals surface area contributed by atoms with E-state index < -0.39 is 12.3 Å². The third-order valence-corrected chi connectivity index (χ3v) is 1.38. The zero-order valence-electron chi connectivity index (χ0n) is 5.98. The molecule has 0 spiro atoms. The van der Waals surface area contributed by atoms with Crippen LogP contribution in [0.4, 0.5) is 4.79 Å². The lowest BCUT2D eigenvalue weighted by molar-refractivity contribution is -0.131. The van der Waals surface area contributed by atoms with Crippen molar-refractivity contribution in [3.63, 3.8) is 0 Å². The molecule has 0 amide bonds. The standard InChI is InChI=1S/C6H8O5/c1-4-5(2-9-3-7)11-6(8)10-4/h3-5H,2H2,1H3. The van der Waals surface area contributed by atoms with Gasteiger partial charge in [-0.1, -0.05) is 0 Å². The highest BCUT2D eigenvalue weighted by Gasteiger charge is 2.33. The molecule has 1 aliphatic rings. The van der Waals surface area contributed by atoms with E-state index >= 15 is 0 Å². The average Bonchev–Trinajstić information content (AvgIpc) is 2.26. The smallest absolute Gasteiger partial charge is 0.464 e. The molecule has 1 rings (SSSR count). The first-order chi connectivity index (χ1) is 5.24. The van der Waals surface area contributed by atoms with Crippen LogP contribution in [0.2, 0.25) is 0 Å². The minimum absolute atomic E-state index is 0.0520. The summed E-state index contributed by atoms with van der Waals surface area (Å²) in [5.41, 5.74) is 0. The molecule has 0 bridgehead atoms. The number of ether oxygens (including phenoxy) is 3. The van der Waals surface area contributed by atoms with E-state index in [-0.39, 0.29) is 12.7 Å². The van der Waals surface area contributed by atoms with Crippen LogP contribution in [-0.4, -0.2) is 31.4 Å². The largest absolute Gasteiger partial charge is 0.509 e. The molecule has 1 aliphatic heterocycles. The van der Waals surface area contributed by atoms with E-state index in [2.05, 4.69) is 14.2 Å². The van der Waals surface area contributed by atoms with Crippen molar-refractivity contribution in [3.05, 3.63) is 0 Å². The second-order valence-corrected chi connectivity index (χ2v) is 2.16. The Morgan fingerprint density at radius 1 is 1.64 bits per heavy atom. The lowest BCUT2D eigenvalue weighted by Gasteiger charge is -2.08. The van der Waals surface area contributed by atoms with Crippen molar-refractivity contribution < 1.29 is 23.8 Å². The molecule has 2 unspecified atom stereocenters. The van der Waals surface area contributed by atoms with Gasteiger partial charge in [0.25, 0.3) is 6.47 Å². The van der Waals surface area contributed by atoms with Crippen LogP contribution in [0.5, 0.6) is 0 Å². The molecule has 62 valence electrons. The highest BCUT2D eigenvalue weighted by Crippen LogP contribution is 2.14. The molecule has 0 N–H and O–H groups in total. The third-order valence-electron chi connectivity index (χ3n) is 1.38. The van der Waals surface area contributed by atoms with Gasteiger partial charge in [-0.25, -0.2) is 4.79 Å². The molecule has 0 aromatic heterocycles. The van der Waals surface area contributed by atoms with Crippen molar-refractivity contribution in [3.8, 4) is 0 Å². The maximum atomic E-state index is 10.4. The van der Waals surface area contributed by atoms with E-state index in [1.165, 1.54) is 0 Å². The van der Waals surface area contributed by atoms with Crippen molar-refractivity contribution >= 4 is 12.6 Å². The second-order valence-electron chi connectivity index (χ2n) is 2.16. The molecule has 1 saturated heterocycles. The zero-order valence-corrected chi connectivity index (χ0v) is 5.98. The van der Waals surface area contributed by atoms with Crippen molar-refractivity contribution in [2.24, 2.45) is 0 Å². The van der Waals surface area contributed by atoms with Crippen LogP contribution in [0.1, 0.15) is 6.92 Å². The number of hydrogen-bond acceptors (Lipinski definition) is 5. The fraction of sp³-hybridized carbons (Fsp3) is 0.667. The Hall–Kier alpha value is -1.26. The lowest BCUT2D eigenvalue weighted by atomic mass is 10.2. The molecule has 0 radical (unpaired) electrons. The topological polar surface area (TPSA) is 61.8 Å². The molecule has 1 heterocycles. The molecule has 5 nitrogen and oxygen atoms in total. The van der Waals surface area contributed by atoms with Gasteiger partial charge >= 0.3 is 6.16 Å². The fourth-order valence-corrected chi connectivity index (χ4v) is 0.779. The van der Waals surface area contributed by atoms with Crippen molar-refractivity contribution in [2.45, 2.75) is 19.1 Å². The molecule has 0 aromatic carbocycles. The number of carbonyl (C=O) groups is 2. The number of carbonyl (C=O) groups excluding carboxylic acids is 2. The Morgan fingerprint density at radius 2 is 2.36 bits per heavy atom. The zero-order chi connectivity index (χ0) is 8.27. The van der Waals surface area contributed by atoms with Gasteiger partial charge in [0.15, 0.2) is 6.10 Å². The summed E-state index contributed by atoms with van der Waals surface area (Å²) in [7, 11) is 0. The molecule has 2 atom stereocenters. The normalized spacial score (nSPS) is 29.0. The average molecular weight is 160 g/mol. The molecular formula is C6H8O5. The summed E-state index contributed by atoms with van der Waals surface area (Å²) in [6.45, 7) is 2.03. The molecule has 1 fully saturated rings. The van der Waals surface area contributed by atoms with E-state index in [4.69, 9.17) is 0 Å². The van der Waals surface area contributed by atoms with E-state index in [0.717, 1.165) is 0 Å². The first-order valence-corrected chi connectivity index (χ1v) is 3.16.